The summed E-state index contributed by atoms with van der Waals surface area (Å²) in [7, 11) is 0. The van der Waals surface area contributed by atoms with E-state index >= 15 is 0 Å². The van der Waals surface area contributed by atoms with E-state index in [1.54, 1.807) is 11.0 Å². The predicted molar refractivity (Wildman–Crippen MR) is 91.8 cm³/mol. The van der Waals surface area contributed by atoms with Crippen molar-refractivity contribution in [3.05, 3.63) is 36.0 Å². The lowest BCUT2D eigenvalue weighted by molar-refractivity contribution is -0.130. The van der Waals surface area contributed by atoms with Crippen LogP contribution in [-0.4, -0.2) is 54.5 Å². The van der Waals surface area contributed by atoms with E-state index in [2.05, 4.69) is 10.3 Å². The van der Waals surface area contributed by atoms with Crippen LogP contribution in [0.5, 0.6) is 0 Å². The van der Waals surface area contributed by atoms with Crippen molar-refractivity contribution < 1.29 is 14.3 Å². The number of para-hydroxylation sites is 1. The number of nitrogens with one attached hydrogen (secondary N) is 2. The van der Waals surface area contributed by atoms with Crippen LogP contribution in [0.2, 0.25) is 0 Å². The molecule has 128 valence electrons. The van der Waals surface area contributed by atoms with Crippen LogP contribution in [0.25, 0.3) is 10.9 Å². The van der Waals surface area contributed by atoms with Gasteiger partial charge in [-0.1, -0.05) is 18.2 Å². The lowest BCUT2D eigenvalue weighted by Gasteiger charge is -2.23. The highest BCUT2D eigenvalue weighted by Gasteiger charge is 2.22. The standard InChI is InChI=1S/C18H23N3O3/c1-2-21(11-13-7-8-24-12-13)17(22)10-19-18(23)16-9-14-5-3-4-6-15(14)20-16/h3-6,9,13,20H,2,7-8,10-12H2,1H3,(H,19,23). The Morgan fingerprint density at radius 2 is 2.21 bits per heavy atom. The Morgan fingerprint density at radius 1 is 1.38 bits per heavy atom. The summed E-state index contributed by atoms with van der Waals surface area (Å²) >= 11 is 0. The highest BCUT2D eigenvalue weighted by Crippen LogP contribution is 2.15. The van der Waals surface area contributed by atoms with E-state index in [-0.39, 0.29) is 18.4 Å². The third-order valence-electron chi connectivity index (χ3n) is 4.41. The fourth-order valence-electron chi connectivity index (χ4n) is 3.00. The number of carbonyl (C=O) groups excluding carboxylic acids is 2. The van der Waals surface area contributed by atoms with Crippen LogP contribution in [0.15, 0.2) is 30.3 Å². The molecule has 0 aliphatic carbocycles. The molecule has 1 aliphatic heterocycles. The molecule has 0 spiro atoms. The molecule has 1 atom stereocenters. The monoisotopic (exact) mass is 329 g/mol. The van der Waals surface area contributed by atoms with E-state index in [0.29, 0.717) is 31.3 Å². The summed E-state index contributed by atoms with van der Waals surface area (Å²) < 4.78 is 5.36. The van der Waals surface area contributed by atoms with Gasteiger partial charge in [-0.05, 0) is 25.5 Å². The highest BCUT2D eigenvalue weighted by molar-refractivity contribution is 5.99. The lowest BCUT2D eigenvalue weighted by atomic mass is 10.1. The summed E-state index contributed by atoms with van der Waals surface area (Å²) in [6.07, 6.45) is 0.991. The molecule has 6 nitrogen and oxygen atoms in total. The molecular weight excluding hydrogens is 306 g/mol. The van der Waals surface area contributed by atoms with Crippen molar-refractivity contribution in [1.29, 1.82) is 0 Å². The average molecular weight is 329 g/mol. The van der Waals surface area contributed by atoms with Gasteiger partial charge in [0.2, 0.25) is 5.91 Å². The number of rotatable bonds is 6. The first-order valence-corrected chi connectivity index (χ1v) is 8.39. The summed E-state index contributed by atoms with van der Waals surface area (Å²) in [5, 5.41) is 3.68. The largest absolute Gasteiger partial charge is 0.381 e. The number of aromatic amines is 1. The first-order chi connectivity index (χ1) is 11.7. The van der Waals surface area contributed by atoms with E-state index in [1.807, 2.05) is 31.2 Å². The Bertz CT molecular complexity index is 686. The van der Waals surface area contributed by atoms with Crippen molar-refractivity contribution in [2.75, 3.05) is 32.8 Å². The lowest BCUT2D eigenvalue weighted by Crippen LogP contribution is -2.42. The van der Waals surface area contributed by atoms with Gasteiger partial charge < -0.3 is 19.9 Å². The number of H-pyrrole nitrogens is 1. The number of aromatic nitrogens is 1. The zero-order chi connectivity index (χ0) is 16.9. The molecule has 24 heavy (non-hydrogen) atoms. The number of nitrogens with zero attached hydrogens (tertiary/aromatic N) is 1. The van der Waals surface area contributed by atoms with Gasteiger partial charge in [0.1, 0.15) is 5.69 Å². The summed E-state index contributed by atoms with van der Waals surface area (Å²) in [5.41, 5.74) is 1.38. The Morgan fingerprint density at radius 3 is 2.92 bits per heavy atom. The normalized spacial score (nSPS) is 17.1. The topological polar surface area (TPSA) is 74.4 Å². The van der Waals surface area contributed by atoms with Gasteiger partial charge in [0.05, 0.1) is 13.2 Å². The smallest absolute Gasteiger partial charge is 0.268 e. The predicted octanol–water partition coefficient (Wildman–Crippen LogP) is 1.78. The highest BCUT2D eigenvalue weighted by atomic mass is 16.5. The van der Waals surface area contributed by atoms with Crippen LogP contribution < -0.4 is 5.32 Å². The summed E-state index contributed by atoms with van der Waals surface area (Å²) in [5.74, 6) is 0.0759. The minimum absolute atomic E-state index is 0.00954. The molecule has 2 amide bonds. The molecule has 2 aromatic rings. The van der Waals surface area contributed by atoms with Crippen LogP contribution in [0.3, 0.4) is 0 Å². The summed E-state index contributed by atoms with van der Waals surface area (Å²) in [4.78, 5) is 29.4. The number of likely N-dealkylation sites (N-methyl/N-ethyl adjacent to an activating group) is 1. The molecule has 1 aromatic heterocycles. The van der Waals surface area contributed by atoms with Crippen molar-refractivity contribution in [3.63, 3.8) is 0 Å². The Balaban J connectivity index is 1.55. The number of amides is 2. The van der Waals surface area contributed by atoms with Crippen LogP contribution in [0.1, 0.15) is 23.8 Å². The molecule has 0 radical (unpaired) electrons. The van der Waals surface area contributed by atoms with Crippen LogP contribution in [0, 0.1) is 5.92 Å². The Labute approximate surface area is 141 Å². The van der Waals surface area contributed by atoms with Gasteiger partial charge in [0, 0.05) is 36.5 Å². The maximum atomic E-state index is 12.3. The fourth-order valence-corrected chi connectivity index (χ4v) is 3.00. The van der Waals surface area contributed by atoms with Crippen molar-refractivity contribution in [2.45, 2.75) is 13.3 Å². The van der Waals surface area contributed by atoms with E-state index in [4.69, 9.17) is 4.74 Å². The van der Waals surface area contributed by atoms with E-state index < -0.39 is 0 Å². The van der Waals surface area contributed by atoms with E-state index in [0.717, 1.165) is 23.9 Å². The van der Waals surface area contributed by atoms with Crippen molar-refractivity contribution in [3.8, 4) is 0 Å². The van der Waals surface area contributed by atoms with Gasteiger partial charge in [0.25, 0.3) is 5.91 Å². The maximum absolute atomic E-state index is 12.3. The second-order valence-corrected chi connectivity index (χ2v) is 6.11. The molecule has 0 saturated carbocycles. The molecule has 2 heterocycles. The maximum Gasteiger partial charge on any atom is 0.268 e. The molecule has 1 unspecified atom stereocenters. The number of hydrogen-bond donors (Lipinski definition) is 2. The van der Waals surface area contributed by atoms with Crippen molar-refractivity contribution in [2.24, 2.45) is 5.92 Å². The molecule has 1 aromatic carbocycles. The third kappa shape index (κ3) is 3.76. The van der Waals surface area contributed by atoms with Gasteiger partial charge in [-0.15, -0.1) is 0 Å². The Hall–Kier alpha value is -2.34. The summed E-state index contributed by atoms with van der Waals surface area (Å²) in [6.45, 7) is 4.77. The van der Waals surface area contributed by atoms with Crippen molar-refractivity contribution >= 4 is 22.7 Å². The second-order valence-electron chi connectivity index (χ2n) is 6.11. The number of ether oxygens (including phenoxy) is 1. The van der Waals surface area contributed by atoms with Crippen molar-refractivity contribution in [1.82, 2.24) is 15.2 Å². The van der Waals surface area contributed by atoms with E-state index in [9.17, 15) is 9.59 Å². The number of fused-ring (bicyclic) bond motifs is 1. The SMILES string of the molecule is CCN(CC1CCOC1)C(=O)CNC(=O)c1cc2ccccc2[nH]1. The van der Waals surface area contributed by atoms with E-state index in [1.165, 1.54) is 0 Å². The number of carbonyl (C=O) groups is 2. The zero-order valence-electron chi connectivity index (χ0n) is 13.9. The minimum Gasteiger partial charge on any atom is -0.381 e. The summed E-state index contributed by atoms with van der Waals surface area (Å²) in [6, 6.07) is 9.49. The third-order valence-corrected chi connectivity index (χ3v) is 4.41. The molecule has 1 saturated heterocycles. The van der Waals surface area contributed by atoms with Crippen LogP contribution >= 0.6 is 0 Å². The average Bonchev–Trinajstić information content (AvgIpc) is 3.26. The van der Waals surface area contributed by atoms with Crippen LogP contribution in [0.4, 0.5) is 0 Å². The van der Waals surface area contributed by atoms with Gasteiger partial charge in [0.15, 0.2) is 0 Å². The number of hydrogen-bond acceptors (Lipinski definition) is 3. The van der Waals surface area contributed by atoms with Gasteiger partial charge >= 0.3 is 0 Å². The first-order valence-electron chi connectivity index (χ1n) is 8.39. The first kappa shape index (κ1) is 16.5. The molecular formula is C18H23N3O3. The quantitative estimate of drug-likeness (QED) is 0.848. The van der Waals surface area contributed by atoms with Crippen LogP contribution in [-0.2, 0) is 9.53 Å². The zero-order valence-corrected chi connectivity index (χ0v) is 13.9. The second kappa shape index (κ2) is 7.49. The van der Waals surface area contributed by atoms with Gasteiger partial charge in [-0.2, -0.15) is 0 Å². The van der Waals surface area contributed by atoms with Gasteiger partial charge in [-0.3, -0.25) is 9.59 Å². The number of benzene rings is 1. The Kier molecular flexibility index (Phi) is 5.15. The van der Waals surface area contributed by atoms with Gasteiger partial charge in [-0.25, -0.2) is 0 Å². The molecule has 0 bridgehead atoms. The molecule has 6 heteroatoms. The molecule has 2 N–H and O–H groups in total. The fraction of sp³-hybridized carbons (Fsp3) is 0.444. The molecule has 3 rings (SSSR count). The minimum atomic E-state index is -0.264. The molecule has 1 fully saturated rings. The molecule has 1 aliphatic rings.